The first kappa shape index (κ1) is 26.8. The van der Waals surface area contributed by atoms with Gasteiger partial charge in [0.2, 0.25) is 0 Å². The normalized spacial score (nSPS) is 16.5. The quantitative estimate of drug-likeness (QED) is 0.204. The summed E-state index contributed by atoms with van der Waals surface area (Å²) in [4.78, 5) is 30.6. The standard InChI is InChI=1S/C31H34N2O5/c1-5-19-38-25-17-11-21(12-18-25)29(34)27-28(22-9-8-10-26(20-22)37-4)33(31(36)30(27)35)24-15-13-23(14-16-24)32(6-2)7-3/h8-18,20,28,34H,5-7,19H2,1-4H3/b29-27-. The van der Waals surface area contributed by atoms with Crippen LogP contribution in [0.4, 0.5) is 11.4 Å². The van der Waals surface area contributed by atoms with Crippen LogP contribution in [0.3, 0.4) is 0 Å². The van der Waals surface area contributed by atoms with Crippen molar-refractivity contribution < 1.29 is 24.2 Å². The molecule has 7 heteroatoms. The molecule has 7 nitrogen and oxygen atoms in total. The number of ether oxygens (including phenoxy) is 2. The molecular weight excluding hydrogens is 480 g/mol. The number of benzene rings is 3. The number of aliphatic hydroxyl groups excluding tert-OH is 1. The highest BCUT2D eigenvalue weighted by molar-refractivity contribution is 6.51. The van der Waals surface area contributed by atoms with Gasteiger partial charge in [-0.25, -0.2) is 0 Å². The maximum atomic E-state index is 13.5. The van der Waals surface area contributed by atoms with Crippen LogP contribution in [0.1, 0.15) is 44.4 Å². The lowest BCUT2D eigenvalue weighted by atomic mass is 9.95. The van der Waals surface area contributed by atoms with Gasteiger partial charge in [0.25, 0.3) is 11.7 Å². The highest BCUT2D eigenvalue weighted by Gasteiger charge is 2.47. The van der Waals surface area contributed by atoms with Gasteiger partial charge in [0, 0.05) is 30.0 Å². The van der Waals surface area contributed by atoms with Gasteiger partial charge in [-0.05, 0) is 86.5 Å². The van der Waals surface area contributed by atoms with E-state index in [1.165, 1.54) is 4.90 Å². The van der Waals surface area contributed by atoms with Gasteiger partial charge in [0.1, 0.15) is 17.3 Å². The fraction of sp³-hybridized carbons (Fsp3) is 0.290. The van der Waals surface area contributed by atoms with Crippen LogP contribution in [0.25, 0.3) is 5.76 Å². The molecule has 0 radical (unpaired) electrons. The Morgan fingerprint density at radius 1 is 0.921 bits per heavy atom. The Morgan fingerprint density at radius 3 is 2.21 bits per heavy atom. The zero-order valence-corrected chi connectivity index (χ0v) is 22.3. The molecule has 1 atom stereocenters. The second-order valence-electron chi connectivity index (χ2n) is 9.01. The molecule has 1 fully saturated rings. The number of nitrogens with zero attached hydrogens (tertiary/aromatic N) is 2. The number of Topliss-reactive ketones (excluding diaryl/α,β-unsaturated/α-hetero) is 1. The molecule has 3 aromatic rings. The molecule has 0 aromatic heterocycles. The molecule has 1 amide bonds. The third-order valence-corrected chi connectivity index (χ3v) is 6.71. The Labute approximate surface area is 223 Å². The zero-order valence-electron chi connectivity index (χ0n) is 22.3. The first-order chi connectivity index (χ1) is 18.4. The van der Waals surface area contributed by atoms with E-state index in [-0.39, 0.29) is 11.3 Å². The number of hydrogen-bond acceptors (Lipinski definition) is 6. The molecule has 0 bridgehead atoms. The number of amides is 1. The molecular formula is C31H34N2O5. The molecule has 1 aliphatic heterocycles. The minimum atomic E-state index is -0.833. The lowest BCUT2D eigenvalue weighted by Gasteiger charge is -2.27. The Balaban J connectivity index is 1.82. The molecule has 3 aromatic carbocycles. The number of rotatable bonds is 10. The molecule has 1 aliphatic rings. The van der Waals surface area contributed by atoms with Gasteiger partial charge in [-0.2, -0.15) is 0 Å². The summed E-state index contributed by atoms with van der Waals surface area (Å²) in [5, 5.41) is 11.4. The average Bonchev–Trinajstić information content (AvgIpc) is 3.22. The number of hydrogen-bond donors (Lipinski definition) is 1. The summed E-state index contributed by atoms with van der Waals surface area (Å²) in [5.41, 5.74) is 2.70. The monoisotopic (exact) mass is 514 g/mol. The maximum Gasteiger partial charge on any atom is 0.300 e. The fourth-order valence-corrected chi connectivity index (χ4v) is 4.72. The molecule has 1 saturated heterocycles. The molecule has 0 saturated carbocycles. The third-order valence-electron chi connectivity index (χ3n) is 6.71. The maximum absolute atomic E-state index is 13.5. The number of aliphatic hydroxyl groups is 1. The van der Waals surface area contributed by atoms with Crippen LogP contribution in [0.15, 0.2) is 78.4 Å². The van der Waals surface area contributed by atoms with E-state index in [2.05, 4.69) is 18.7 Å². The molecule has 1 heterocycles. The second kappa shape index (κ2) is 11.9. The van der Waals surface area contributed by atoms with Crippen molar-refractivity contribution in [3.63, 3.8) is 0 Å². The van der Waals surface area contributed by atoms with Gasteiger partial charge >= 0.3 is 0 Å². The summed E-state index contributed by atoms with van der Waals surface area (Å²) in [7, 11) is 1.56. The van der Waals surface area contributed by atoms with Gasteiger partial charge < -0.3 is 19.5 Å². The van der Waals surface area contributed by atoms with E-state index in [0.29, 0.717) is 34.9 Å². The Morgan fingerprint density at radius 2 is 1.61 bits per heavy atom. The van der Waals surface area contributed by atoms with Crippen molar-refractivity contribution in [2.45, 2.75) is 33.2 Å². The molecule has 38 heavy (non-hydrogen) atoms. The van der Waals surface area contributed by atoms with Crippen molar-refractivity contribution in [3.8, 4) is 11.5 Å². The SMILES string of the molecule is CCCOc1ccc(/C(O)=C2/C(=O)C(=O)N(c3ccc(N(CC)CC)cc3)C2c2cccc(OC)c2)cc1. The smallest absolute Gasteiger partial charge is 0.300 e. The first-order valence-electron chi connectivity index (χ1n) is 13.0. The largest absolute Gasteiger partial charge is 0.507 e. The predicted octanol–water partition coefficient (Wildman–Crippen LogP) is 5.96. The van der Waals surface area contributed by atoms with Gasteiger partial charge in [-0.3, -0.25) is 14.5 Å². The van der Waals surface area contributed by atoms with Crippen molar-refractivity contribution in [1.29, 1.82) is 0 Å². The summed E-state index contributed by atoms with van der Waals surface area (Å²) in [6.45, 7) is 8.48. The van der Waals surface area contributed by atoms with Crippen LogP contribution in [-0.4, -0.2) is 43.6 Å². The van der Waals surface area contributed by atoms with Gasteiger partial charge in [-0.1, -0.05) is 19.1 Å². The molecule has 198 valence electrons. The molecule has 1 N–H and O–H groups in total. The van der Waals surface area contributed by atoms with Gasteiger partial charge in [-0.15, -0.1) is 0 Å². The topological polar surface area (TPSA) is 79.3 Å². The van der Waals surface area contributed by atoms with E-state index in [4.69, 9.17) is 9.47 Å². The predicted molar refractivity (Wildman–Crippen MR) is 150 cm³/mol. The summed E-state index contributed by atoms with van der Waals surface area (Å²) in [6.07, 6.45) is 0.877. The lowest BCUT2D eigenvalue weighted by molar-refractivity contribution is -0.132. The van der Waals surface area contributed by atoms with E-state index in [1.807, 2.05) is 37.3 Å². The number of ketones is 1. The van der Waals surface area contributed by atoms with E-state index < -0.39 is 17.7 Å². The van der Waals surface area contributed by atoms with E-state index >= 15 is 0 Å². The van der Waals surface area contributed by atoms with Crippen LogP contribution >= 0.6 is 0 Å². The Bertz CT molecular complexity index is 1310. The van der Waals surface area contributed by atoms with E-state index in [0.717, 1.165) is 25.2 Å². The highest BCUT2D eigenvalue weighted by Crippen LogP contribution is 2.43. The number of carbonyl (C=O) groups is 2. The Kier molecular flexibility index (Phi) is 8.36. The van der Waals surface area contributed by atoms with Crippen LogP contribution < -0.4 is 19.3 Å². The minimum Gasteiger partial charge on any atom is -0.507 e. The average molecular weight is 515 g/mol. The first-order valence-corrected chi connectivity index (χ1v) is 13.0. The van der Waals surface area contributed by atoms with Crippen LogP contribution in [0, 0.1) is 0 Å². The Hall–Kier alpha value is -4.26. The van der Waals surface area contributed by atoms with E-state index in [1.54, 1.807) is 49.6 Å². The van der Waals surface area contributed by atoms with Crippen molar-refractivity contribution >= 4 is 28.8 Å². The number of anilines is 2. The van der Waals surface area contributed by atoms with Crippen molar-refractivity contribution in [2.24, 2.45) is 0 Å². The summed E-state index contributed by atoms with van der Waals surface area (Å²) in [6, 6.07) is 20.8. The fourth-order valence-electron chi connectivity index (χ4n) is 4.72. The molecule has 1 unspecified atom stereocenters. The highest BCUT2D eigenvalue weighted by atomic mass is 16.5. The lowest BCUT2D eigenvalue weighted by Crippen LogP contribution is -2.29. The van der Waals surface area contributed by atoms with Crippen molar-refractivity contribution in [3.05, 3.63) is 89.5 Å². The number of methoxy groups -OCH3 is 1. The van der Waals surface area contributed by atoms with Crippen molar-refractivity contribution in [2.75, 3.05) is 36.6 Å². The van der Waals surface area contributed by atoms with E-state index in [9.17, 15) is 14.7 Å². The van der Waals surface area contributed by atoms with Crippen LogP contribution in [0.5, 0.6) is 11.5 Å². The van der Waals surface area contributed by atoms with Gasteiger partial charge in [0.05, 0.1) is 25.3 Å². The molecule has 0 aliphatic carbocycles. The van der Waals surface area contributed by atoms with Crippen LogP contribution in [-0.2, 0) is 9.59 Å². The van der Waals surface area contributed by atoms with Gasteiger partial charge in [0.15, 0.2) is 0 Å². The zero-order chi connectivity index (χ0) is 27.2. The second-order valence-corrected chi connectivity index (χ2v) is 9.01. The van der Waals surface area contributed by atoms with Crippen molar-refractivity contribution in [1.82, 2.24) is 0 Å². The summed E-state index contributed by atoms with van der Waals surface area (Å²) >= 11 is 0. The summed E-state index contributed by atoms with van der Waals surface area (Å²) in [5.74, 6) is -0.420. The molecule has 0 spiro atoms. The summed E-state index contributed by atoms with van der Waals surface area (Å²) < 4.78 is 11.1. The number of carbonyl (C=O) groups excluding carboxylic acids is 2. The van der Waals surface area contributed by atoms with Crippen LogP contribution in [0.2, 0.25) is 0 Å². The molecule has 4 rings (SSSR count). The minimum absolute atomic E-state index is 0.0262. The third kappa shape index (κ3) is 5.23.